The van der Waals surface area contributed by atoms with Gasteiger partial charge in [-0.15, -0.1) is 0 Å². The molecule has 296 valence electrons. The summed E-state index contributed by atoms with van der Waals surface area (Å²) in [4.78, 5) is 21.9. The van der Waals surface area contributed by atoms with Crippen molar-refractivity contribution in [3.8, 4) is 5.75 Å². The third-order valence-corrected chi connectivity index (χ3v) is 7.00. The minimum absolute atomic E-state index is 0.0238. The number of benzene rings is 1. The molecule has 1 aromatic carbocycles. The van der Waals surface area contributed by atoms with Crippen LogP contribution in [0.1, 0.15) is 58.3 Å². The Bertz CT molecular complexity index is 908. The highest BCUT2D eigenvalue weighted by Crippen LogP contribution is 2.17. The molecule has 0 unspecified atom stereocenters. The van der Waals surface area contributed by atoms with Crippen molar-refractivity contribution >= 4 is 11.7 Å². The molecule has 15 nitrogen and oxygen atoms in total. The van der Waals surface area contributed by atoms with Crippen LogP contribution in [0.2, 0.25) is 0 Å². The second kappa shape index (κ2) is 37.3. The molecule has 0 radical (unpaired) electrons. The van der Waals surface area contributed by atoms with Gasteiger partial charge in [0.05, 0.1) is 124 Å². The summed E-state index contributed by atoms with van der Waals surface area (Å²) in [6.07, 6.45) is 8.75. The topological polar surface area (TPSA) is 162 Å². The summed E-state index contributed by atoms with van der Waals surface area (Å²) in [5.41, 5.74) is 0.0238. The van der Waals surface area contributed by atoms with E-state index in [-0.39, 0.29) is 18.3 Å². The average molecular weight is 734 g/mol. The van der Waals surface area contributed by atoms with Crippen LogP contribution in [-0.4, -0.2) is 143 Å². The first-order chi connectivity index (χ1) is 25.1. The highest BCUT2D eigenvalue weighted by molar-refractivity contribution is 5.69. The van der Waals surface area contributed by atoms with E-state index in [9.17, 15) is 14.9 Å². The number of unbranched alkanes of at least 4 members (excludes halogenated alkanes) is 6. The van der Waals surface area contributed by atoms with Gasteiger partial charge in [-0.25, -0.2) is 0 Å². The largest absolute Gasteiger partial charge is 0.491 e. The first-order valence-corrected chi connectivity index (χ1v) is 18.4. The lowest BCUT2D eigenvalue weighted by molar-refractivity contribution is -0.384. The molecule has 0 aliphatic carbocycles. The van der Waals surface area contributed by atoms with Crippen molar-refractivity contribution in [1.82, 2.24) is 0 Å². The fraction of sp³-hybridized carbons (Fsp3) is 0.806. The second-order valence-corrected chi connectivity index (χ2v) is 11.2. The van der Waals surface area contributed by atoms with Crippen molar-refractivity contribution in [1.29, 1.82) is 0 Å². The lowest BCUT2D eigenvalue weighted by Gasteiger charge is -2.09. The van der Waals surface area contributed by atoms with E-state index >= 15 is 0 Å². The van der Waals surface area contributed by atoms with Crippen LogP contribution in [-0.2, 0) is 52.2 Å². The minimum atomic E-state index is -0.453. The Hall–Kier alpha value is -2.47. The second-order valence-electron chi connectivity index (χ2n) is 11.2. The monoisotopic (exact) mass is 733 g/mol. The number of rotatable bonds is 40. The molecule has 0 saturated carbocycles. The van der Waals surface area contributed by atoms with Crippen LogP contribution in [0.25, 0.3) is 0 Å². The number of non-ortho nitro benzene ring substituents is 1. The molecule has 0 atom stereocenters. The number of carbonyl (C=O) groups excluding carboxylic acids is 1. The summed E-state index contributed by atoms with van der Waals surface area (Å²) in [5.74, 6) is 0.406. The number of hydrogen-bond acceptors (Lipinski definition) is 14. The van der Waals surface area contributed by atoms with Crippen molar-refractivity contribution < 1.29 is 61.8 Å². The summed E-state index contributed by atoms with van der Waals surface area (Å²) in [5, 5.41) is 10.6. The quantitative estimate of drug-likeness (QED) is 0.0391. The van der Waals surface area contributed by atoms with Gasteiger partial charge in [0.2, 0.25) is 0 Å². The van der Waals surface area contributed by atoms with E-state index in [0.29, 0.717) is 138 Å². The molecule has 1 aromatic rings. The van der Waals surface area contributed by atoms with Gasteiger partial charge in [0.15, 0.2) is 0 Å². The van der Waals surface area contributed by atoms with Crippen molar-refractivity contribution in [2.75, 3.05) is 132 Å². The summed E-state index contributed by atoms with van der Waals surface area (Å²) in [6, 6.07) is 5.91. The van der Waals surface area contributed by atoms with E-state index in [1.54, 1.807) is 12.1 Å². The summed E-state index contributed by atoms with van der Waals surface area (Å²) in [6.45, 7) is 11.1. The lowest BCUT2D eigenvalue weighted by Crippen LogP contribution is -2.15. The molecule has 0 fully saturated rings. The Labute approximate surface area is 303 Å². The molecule has 15 heteroatoms. The Balaban J connectivity index is 1.66. The Kier molecular flexibility index (Phi) is 34.0. The molecule has 0 spiro atoms. The van der Waals surface area contributed by atoms with E-state index in [1.807, 2.05) is 0 Å². The van der Waals surface area contributed by atoms with Crippen LogP contribution in [0.15, 0.2) is 24.3 Å². The molecule has 0 amide bonds. The Morgan fingerprint density at radius 1 is 0.490 bits per heavy atom. The zero-order valence-electron chi connectivity index (χ0n) is 30.8. The normalized spacial score (nSPS) is 11.2. The van der Waals surface area contributed by atoms with Gasteiger partial charge in [0, 0.05) is 18.6 Å². The van der Waals surface area contributed by atoms with Crippen molar-refractivity contribution in [2.45, 2.75) is 58.3 Å². The van der Waals surface area contributed by atoms with Crippen molar-refractivity contribution in [3.05, 3.63) is 34.4 Å². The molecule has 0 aliphatic heterocycles. The highest BCUT2D eigenvalue weighted by Gasteiger charge is 2.05. The van der Waals surface area contributed by atoms with Crippen molar-refractivity contribution in [2.24, 2.45) is 0 Å². The number of ether oxygens (including phenoxy) is 11. The van der Waals surface area contributed by atoms with Crippen LogP contribution in [0, 0.1) is 10.1 Å². The van der Waals surface area contributed by atoms with E-state index in [1.165, 1.54) is 44.2 Å². The van der Waals surface area contributed by atoms with Gasteiger partial charge >= 0.3 is 5.97 Å². The molecular formula is C36H63NO14. The number of esters is 1. The number of nitro benzene ring substituents is 1. The zero-order valence-corrected chi connectivity index (χ0v) is 30.8. The Morgan fingerprint density at radius 3 is 1.20 bits per heavy atom. The van der Waals surface area contributed by atoms with Gasteiger partial charge < -0.3 is 52.1 Å². The van der Waals surface area contributed by atoms with Crippen LogP contribution in [0.4, 0.5) is 5.69 Å². The predicted octanol–water partition coefficient (Wildman–Crippen LogP) is 4.81. The van der Waals surface area contributed by atoms with Crippen LogP contribution < -0.4 is 4.74 Å². The number of hydrogen-bond donors (Lipinski definition) is 0. The third kappa shape index (κ3) is 33.1. The first kappa shape index (κ1) is 46.6. The first-order valence-electron chi connectivity index (χ1n) is 18.4. The minimum Gasteiger partial charge on any atom is -0.491 e. The number of nitrogens with zero attached hydrogens (tertiary/aromatic N) is 1. The van der Waals surface area contributed by atoms with Gasteiger partial charge in [-0.2, -0.15) is 0 Å². The number of nitro groups is 1. The van der Waals surface area contributed by atoms with Gasteiger partial charge in [0.1, 0.15) is 19.0 Å². The Morgan fingerprint density at radius 2 is 0.824 bits per heavy atom. The fourth-order valence-electron chi connectivity index (χ4n) is 4.26. The molecular weight excluding hydrogens is 670 g/mol. The van der Waals surface area contributed by atoms with Gasteiger partial charge in [0.25, 0.3) is 5.69 Å². The van der Waals surface area contributed by atoms with Gasteiger partial charge in [-0.3, -0.25) is 14.9 Å². The average Bonchev–Trinajstić information content (AvgIpc) is 3.13. The van der Waals surface area contributed by atoms with E-state index in [2.05, 4.69) is 6.92 Å². The van der Waals surface area contributed by atoms with E-state index < -0.39 is 4.92 Å². The van der Waals surface area contributed by atoms with Crippen LogP contribution >= 0.6 is 0 Å². The summed E-state index contributed by atoms with van der Waals surface area (Å²) >= 11 is 0. The number of carbonyl (C=O) groups is 1. The van der Waals surface area contributed by atoms with Gasteiger partial charge in [-0.05, 0) is 18.6 Å². The SMILES string of the molecule is CCCCCCCCCC(=O)OCCOCCOCCOCCOCCOCCOCCOCCOCCOCCOc1ccc([N+](=O)[O-])cc1. The zero-order chi connectivity index (χ0) is 36.7. The van der Waals surface area contributed by atoms with E-state index in [0.717, 1.165) is 12.8 Å². The molecule has 0 aromatic heterocycles. The maximum atomic E-state index is 11.7. The molecule has 1 rings (SSSR count). The predicted molar refractivity (Wildman–Crippen MR) is 190 cm³/mol. The van der Waals surface area contributed by atoms with E-state index in [4.69, 9.17) is 52.1 Å². The smallest absolute Gasteiger partial charge is 0.305 e. The molecule has 51 heavy (non-hydrogen) atoms. The maximum Gasteiger partial charge on any atom is 0.305 e. The molecule has 0 aliphatic rings. The summed E-state index contributed by atoms with van der Waals surface area (Å²) in [7, 11) is 0. The van der Waals surface area contributed by atoms with Gasteiger partial charge in [-0.1, -0.05) is 45.4 Å². The maximum absolute atomic E-state index is 11.7. The highest BCUT2D eigenvalue weighted by atomic mass is 16.6. The van der Waals surface area contributed by atoms with Crippen molar-refractivity contribution in [3.63, 3.8) is 0 Å². The summed E-state index contributed by atoms with van der Waals surface area (Å²) < 4.78 is 59.8. The standard InChI is InChI=1S/C36H63NO14/c1-2-3-4-5-6-7-8-9-36(38)51-33-31-49-29-27-47-25-23-45-21-19-43-17-15-41-14-16-42-18-20-44-22-24-46-26-28-48-30-32-50-35-12-10-34(11-13-35)37(39)40/h10-13H,2-9,14-33H2,1H3. The molecule has 0 saturated heterocycles. The van der Waals surface area contributed by atoms with Crippen LogP contribution in [0.5, 0.6) is 5.75 Å². The lowest BCUT2D eigenvalue weighted by atomic mass is 10.1. The fourth-order valence-corrected chi connectivity index (χ4v) is 4.26. The van der Waals surface area contributed by atoms with Crippen LogP contribution in [0.3, 0.4) is 0 Å². The molecule has 0 bridgehead atoms. The third-order valence-electron chi connectivity index (χ3n) is 7.00. The molecule has 0 heterocycles. The molecule has 0 N–H and O–H groups in total.